The lowest BCUT2D eigenvalue weighted by Gasteiger charge is -2.06. The van der Waals surface area contributed by atoms with Crippen molar-refractivity contribution in [3.63, 3.8) is 0 Å². The molecule has 0 aliphatic carbocycles. The Morgan fingerprint density at radius 2 is 1.75 bits per heavy atom. The van der Waals surface area contributed by atoms with Crippen LogP contribution in [0.2, 0.25) is 10.4 Å². The molecule has 0 aliphatic heterocycles. The minimum Gasteiger partial charge on any atom is -0.504 e. The van der Waals surface area contributed by atoms with Gasteiger partial charge in [-0.25, -0.2) is 18.7 Å². The van der Waals surface area contributed by atoms with Gasteiger partial charge >= 0.3 is 0 Å². The van der Waals surface area contributed by atoms with Gasteiger partial charge in [0, 0.05) is 0 Å². The van der Waals surface area contributed by atoms with Gasteiger partial charge in [0.2, 0.25) is 5.28 Å². The lowest BCUT2D eigenvalue weighted by molar-refractivity contribution is 0.426. The second kappa shape index (κ2) is 3.94. The summed E-state index contributed by atoms with van der Waals surface area (Å²) in [6.07, 6.45) is 0. The second-order valence-corrected chi connectivity index (χ2v) is 4.29. The SMILES string of the molecule is Oc1c(Br)c(F)c2nc(Cl)nc(Cl)c2c1F. The van der Waals surface area contributed by atoms with Crippen molar-refractivity contribution in [2.45, 2.75) is 0 Å². The number of fused-ring (bicyclic) bond motifs is 1. The van der Waals surface area contributed by atoms with Crippen LogP contribution in [-0.2, 0) is 0 Å². The van der Waals surface area contributed by atoms with Crippen molar-refractivity contribution < 1.29 is 13.9 Å². The van der Waals surface area contributed by atoms with Gasteiger partial charge in [-0.1, -0.05) is 11.6 Å². The van der Waals surface area contributed by atoms with E-state index in [4.69, 9.17) is 23.2 Å². The molecule has 1 heterocycles. The molecule has 0 saturated heterocycles. The molecule has 2 aromatic rings. The van der Waals surface area contributed by atoms with Gasteiger partial charge in [0.05, 0.1) is 5.39 Å². The molecule has 0 bridgehead atoms. The molecular weight excluding hydrogens is 329 g/mol. The molecule has 0 radical (unpaired) electrons. The Morgan fingerprint density at radius 1 is 1.12 bits per heavy atom. The van der Waals surface area contributed by atoms with Crippen LogP contribution in [0.25, 0.3) is 10.9 Å². The molecule has 0 fully saturated rings. The van der Waals surface area contributed by atoms with Gasteiger partial charge in [0.15, 0.2) is 17.4 Å². The van der Waals surface area contributed by atoms with Crippen molar-refractivity contribution in [1.82, 2.24) is 9.97 Å². The van der Waals surface area contributed by atoms with Crippen LogP contribution in [0.3, 0.4) is 0 Å². The zero-order valence-electron chi connectivity index (χ0n) is 7.23. The highest BCUT2D eigenvalue weighted by Gasteiger charge is 2.22. The first-order valence-electron chi connectivity index (χ1n) is 3.81. The van der Waals surface area contributed by atoms with Crippen molar-refractivity contribution in [2.75, 3.05) is 0 Å². The first-order valence-corrected chi connectivity index (χ1v) is 5.36. The molecule has 0 unspecified atom stereocenters. The van der Waals surface area contributed by atoms with Crippen molar-refractivity contribution >= 4 is 50.0 Å². The summed E-state index contributed by atoms with van der Waals surface area (Å²) in [6, 6.07) is 0. The maximum Gasteiger partial charge on any atom is 0.224 e. The van der Waals surface area contributed by atoms with Crippen molar-refractivity contribution in [3.05, 3.63) is 26.5 Å². The van der Waals surface area contributed by atoms with Gasteiger partial charge in [-0.2, -0.15) is 0 Å². The molecular formula is C8HBrCl2F2N2O. The maximum atomic E-state index is 13.6. The fourth-order valence-corrected chi connectivity index (χ4v) is 2.01. The highest BCUT2D eigenvalue weighted by atomic mass is 79.9. The largest absolute Gasteiger partial charge is 0.504 e. The number of benzene rings is 1. The Bertz CT molecular complexity index is 609. The smallest absolute Gasteiger partial charge is 0.224 e. The molecule has 1 aromatic carbocycles. The summed E-state index contributed by atoms with van der Waals surface area (Å²) in [5, 5.41) is 8.18. The summed E-state index contributed by atoms with van der Waals surface area (Å²) in [6.45, 7) is 0. The number of rotatable bonds is 0. The minimum absolute atomic E-state index is 0.312. The Labute approximate surface area is 106 Å². The summed E-state index contributed by atoms with van der Waals surface area (Å²) in [4.78, 5) is 6.97. The van der Waals surface area contributed by atoms with E-state index in [9.17, 15) is 13.9 Å². The third-order valence-electron chi connectivity index (χ3n) is 1.87. The Kier molecular flexibility index (Phi) is 2.90. The lowest BCUT2D eigenvalue weighted by atomic mass is 10.2. The van der Waals surface area contributed by atoms with Crippen LogP contribution in [0.15, 0.2) is 4.47 Å². The lowest BCUT2D eigenvalue weighted by Crippen LogP contribution is -1.95. The average Bonchev–Trinajstić information content (AvgIpc) is 2.22. The van der Waals surface area contributed by atoms with Crippen molar-refractivity contribution in [2.24, 2.45) is 0 Å². The molecule has 2 rings (SSSR count). The van der Waals surface area contributed by atoms with E-state index in [0.29, 0.717) is 0 Å². The first-order chi connectivity index (χ1) is 7.43. The number of hydrogen-bond donors (Lipinski definition) is 1. The molecule has 0 saturated carbocycles. The van der Waals surface area contributed by atoms with Crippen LogP contribution in [-0.4, -0.2) is 15.1 Å². The number of aromatic hydroxyl groups is 1. The minimum atomic E-state index is -1.11. The third-order valence-corrected chi connectivity index (χ3v) is 3.04. The third kappa shape index (κ3) is 1.61. The first kappa shape index (κ1) is 11.8. The van der Waals surface area contributed by atoms with E-state index in [1.54, 1.807) is 0 Å². The molecule has 3 nitrogen and oxygen atoms in total. The second-order valence-electron chi connectivity index (χ2n) is 2.80. The molecule has 1 N–H and O–H groups in total. The number of hydrogen-bond acceptors (Lipinski definition) is 3. The van der Waals surface area contributed by atoms with Crippen LogP contribution in [0.5, 0.6) is 5.75 Å². The van der Waals surface area contributed by atoms with Gasteiger partial charge in [0.1, 0.15) is 15.1 Å². The maximum absolute atomic E-state index is 13.6. The van der Waals surface area contributed by atoms with E-state index < -0.39 is 32.8 Å². The summed E-state index contributed by atoms with van der Waals surface area (Å²) in [5.41, 5.74) is -0.396. The molecule has 8 heteroatoms. The molecule has 0 amide bonds. The number of phenols is 1. The average molecular weight is 330 g/mol. The standard InChI is InChI=1S/C8HBrCl2F2N2O/c9-2-4(13)5-1(3(12)6(2)16)7(10)15-8(11)14-5/h16H. The van der Waals surface area contributed by atoms with E-state index in [1.807, 2.05) is 0 Å². The van der Waals surface area contributed by atoms with Gasteiger partial charge in [-0.15, -0.1) is 0 Å². The monoisotopic (exact) mass is 328 g/mol. The molecule has 0 spiro atoms. The highest BCUT2D eigenvalue weighted by Crippen LogP contribution is 2.38. The zero-order chi connectivity index (χ0) is 12.0. The Morgan fingerprint density at radius 3 is 2.38 bits per heavy atom. The topological polar surface area (TPSA) is 46.0 Å². The predicted molar refractivity (Wildman–Crippen MR) is 58.8 cm³/mol. The number of halogens is 5. The van der Waals surface area contributed by atoms with Crippen LogP contribution < -0.4 is 0 Å². The Balaban J connectivity index is 3.08. The molecule has 0 aliphatic rings. The van der Waals surface area contributed by atoms with Crippen LogP contribution in [0.1, 0.15) is 0 Å². The van der Waals surface area contributed by atoms with E-state index in [-0.39, 0.29) is 10.4 Å². The quantitative estimate of drug-likeness (QED) is 0.455. The van der Waals surface area contributed by atoms with Crippen LogP contribution >= 0.6 is 39.1 Å². The summed E-state index contributed by atoms with van der Waals surface area (Å²) in [7, 11) is 0. The van der Waals surface area contributed by atoms with Gasteiger partial charge in [-0.3, -0.25) is 0 Å². The Hall–Kier alpha value is -0.720. The zero-order valence-corrected chi connectivity index (χ0v) is 10.3. The molecule has 16 heavy (non-hydrogen) atoms. The summed E-state index contributed by atoms with van der Waals surface area (Å²) >= 11 is 13.8. The molecule has 1 aromatic heterocycles. The van der Waals surface area contributed by atoms with Gasteiger partial charge in [-0.05, 0) is 27.5 Å². The predicted octanol–water partition coefficient (Wildman–Crippen LogP) is 3.68. The molecule has 84 valence electrons. The van der Waals surface area contributed by atoms with Crippen LogP contribution in [0.4, 0.5) is 8.78 Å². The molecule has 0 atom stereocenters. The van der Waals surface area contributed by atoms with Crippen molar-refractivity contribution in [1.29, 1.82) is 0 Å². The van der Waals surface area contributed by atoms with E-state index in [0.717, 1.165) is 0 Å². The van der Waals surface area contributed by atoms with E-state index >= 15 is 0 Å². The summed E-state index contributed by atoms with van der Waals surface area (Å²) < 4.78 is 26.8. The van der Waals surface area contributed by atoms with Crippen molar-refractivity contribution in [3.8, 4) is 5.75 Å². The van der Waals surface area contributed by atoms with Crippen LogP contribution in [0, 0.1) is 11.6 Å². The van der Waals surface area contributed by atoms with E-state index in [1.165, 1.54) is 0 Å². The summed E-state index contributed by atoms with van der Waals surface area (Å²) in [5.74, 6) is -2.96. The number of nitrogens with zero attached hydrogens (tertiary/aromatic N) is 2. The normalized spacial score (nSPS) is 11.1. The van der Waals surface area contributed by atoms with Gasteiger partial charge < -0.3 is 5.11 Å². The fraction of sp³-hybridized carbons (Fsp3) is 0. The number of aromatic nitrogens is 2. The fourth-order valence-electron chi connectivity index (χ4n) is 1.18. The number of phenolic OH excluding ortho intramolecular Hbond substituents is 1. The highest BCUT2D eigenvalue weighted by molar-refractivity contribution is 9.10. The van der Waals surface area contributed by atoms with Gasteiger partial charge in [0.25, 0.3) is 0 Å². The van der Waals surface area contributed by atoms with E-state index in [2.05, 4.69) is 25.9 Å².